The van der Waals surface area contributed by atoms with Crippen LogP contribution < -0.4 is 11.2 Å². The van der Waals surface area contributed by atoms with Gasteiger partial charge in [-0.3, -0.25) is 14.2 Å². The van der Waals surface area contributed by atoms with Crippen molar-refractivity contribution in [3.63, 3.8) is 0 Å². The number of terminal acetylenes is 1. The summed E-state index contributed by atoms with van der Waals surface area (Å²) in [5.74, 6) is 0.655. The van der Waals surface area contributed by atoms with Crippen molar-refractivity contribution in [3.05, 3.63) is 32.9 Å². The van der Waals surface area contributed by atoms with E-state index >= 15 is 0 Å². The first-order valence-corrected chi connectivity index (χ1v) is 5.99. The number of esters is 1. The number of hydrogen-bond acceptors (Lipinski definition) is 6. The molecular weight excluding hydrogens is 283 g/mol. The lowest BCUT2D eigenvalue weighted by Crippen LogP contribution is -2.42. The van der Waals surface area contributed by atoms with Gasteiger partial charge < -0.3 is 9.72 Å². The first-order chi connectivity index (χ1) is 9.97. The molecule has 21 heavy (non-hydrogen) atoms. The Morgan fingerprint density at radius 3 is 2.86 bits per heavy atom. The summed E-state index contributed by atoms with van der Waals surface area (Å²) < 4.78 is 18.7. The summed E-state index contributed by atoms with van der Waals surface area (Å²) in [6.45, 7) is -0.542. The van der Waals surface area contributed by atoms with Crippen molar-refractivity contribution in [1.29, 1.82) is 0 Å². The zero-order chi connectivity index (χ0) is 15.5. The van der Waals surface area contributed by atoms with Crippen molar-refractivity contribution in [2.24, 2.45) is 10.2 Å². The number of hydrogen-bond donors (Lipinski definition) is 1. The molecule has 2 heterocycles. The van der Waals surface area contributed by atoms with E-state index in [1.165, 1.54) is 0 Å². The quantitative estimate of drug-likeness (QED) is 0.579. The minimum atomic E-state index is -1.21. The van der Waals surface area contributed by atoms with E-state index in [-0.39, 0.29) is 26.0 Å². The lowest BCUT2D eigenvalue weighted by atomic mass is 10.2. The number of carbonyl (C=O) groups excluding carboxylic acids is 1. The second-order valence-corrected chi connectivity index (χ2v) is 4.38. The predicted octanol–water partition coefficient (Wildman–Crippen LogP) is -0.206. The maximum atomic E-state index is 13.1. The summed E-state index contributed by atoms with van der Waals surface area (Å²) in [6, 6.07) is 0. The maximum Gasteiger partial charge on any atom is 0.328 e. The highest BCUT2D eigenvalue weighted by molar-refractivity contribution is 5.69. The molecule has 0 radical (unpaired) electrons. The standard InChI is InChI=1S/C12H11FN4O4/c1-2-3-4-9(18)21-7-12(15-16-12)6-17-10(19)8(13)5-14-11(17)20/h1,5H,3-4,6-7H2,(H,14,20). The van der Waals surface area contributed by atoms with Crippen LogP contribution in [-0.4, -0.2) is 27.8 Å². The molecule has 0 aromatic carbocycles. The number of nitrogens with zero attached hydrogens (tertiary/aromatic N) is 3. The Kier molecular flexibility index (Phi) is 3.98. The van der Waals surface area contributed by atoms with Crippen LogP contribution in [0.3, 0.4) is 0 Å². The van der Waals surface area contributed by atoms with Crippen molar-refractivity contribution < 1.29 is 13.9 Å². The Labute approximate surface area is 117 Å². The molecule has 0 amide bonds. The maximum absolute atomic E-state index is 13.1. The van der Waals surface area contributed by atoms with Crippen molar-refractivity contribution >= 4 is 5.97 Å². The minimum absolute atomic E-state index is 0.0487. The van der Waals surface area contributed by atoms with E-state index in [0.29, 0.717) is 10.8 Å². The van der Waals surface area contributed by atoms with Crippen molar-refractivity contribution in [1.82, 2.24) is 9.55 Å². The summed E-state index contributed by atoms with van der Waals surface area (Å²) in [7, 11) is 0. The van der Waals surface area contributed by atoms with Gasteiger partial charge in [0.1, 0.15) is 6.61 Å². The molecule has 2 rings (SSSR count). The summed E-state index contributed by atoms with van der Waals surface area (Å²) in [6.07, 6.45) is 5.98. The number of aromatic nitrogens is 2. The molecule has 8 nitrogen and oxygen atoms in total. The van der Waals surface area contributed by atoms with Crippen LogP contribution in [0, 0.1) is 18.2 Å². The smallest absolute Gasteiger partial charge is 0.328 e. The lowest BCUT2D eigenvalue weighted by Gasteiger charge is -2.12. The van der Waals surface area contributed by atoms with Gasteiger partial charge in [0, 0.05) is 12.6 Å². The van der Waals surface area contributed by atoms with Crippen LogP contribution in [0.15, 0.2) is 26.0 Å². The average molecular weight is 294 g/mol. The third kappa shape index (κ3) is 3.42. The second-order valence-electron chi connectivity index (χ2n) is 4.38. The summed E-state index contributed by atoms with van der Waals surface area (Å²) in [5.41, 5.74) is -3.10. The van der Waals surface area contributed by atoms with Crippen molar-refractivity contribution in [2.75, 3.05) is 6.61 Å². The molecule has 0 atom stereocenters. The van der Waals surface area contributed by atoms with E-state index in [9.17, 15) is 18.8 Å². The van der Waals surface area contributed by atoms with E-state index in [1.807, 2.05) is 0 Å². The highest BCUT2D eigenvalue weighted by Gasteiger charge is 2.43. The van der Waals surface area contributed by atoms with E-state index in [2.05, 4.69) is 21.1 Å². The molecule has 0 unspecified atom stereocenters. The molecule has 0 bridgehead atoms. The lowest BCUT2D eigenvalue weighted by molar-refractivity contribution is -0.144. The normalized spacial score (nSPS) is 14.5. The van der Waals surface area contributed by atoms with Crippen LogP contribution in [-0.2, 0) is 16.1 Å². The second kappa shape index (κ2) is 5.70. The van der Waals surface area contributed by atoms with E-state index in [0.717, 1.165) is 0 Å². The fourth-order valence-electron chi connectivity index (χ4n) is 1.56. The topological polar surface area (TPSA) is 106 Å². The molecule has 1 aliphatic heterocycles. The molecule has 0 saturated heterocycles. The van der Waals surface area contributed by atoms with Crippen LogP contribution in [0.2, 0.25) is 0 Å². The zero-order valence-electron chi connectivity index (χ0n) is 10.8. The van der Waals surface area contributed by atoms with Gasteiger partial charge in [-0.1, -0.05) is 0 Å². The number of carbonyl (C=O) groups is 1. The van der Waals surface area contributed by atoms with Gasteiger partial charge in [-0.2, -0.15) is 14.6 Å². The van der Waals surface area contributed by atoms with Gasteiger partial charge in [0.2, 0.25) is 11.5 Å². The SMILES string of the molecule is C#CCCC(=O)OCC1(Cn2c(=O)[nH]cc(F)c2=O)N=N1. The average Bonchev–Trinajstić information content (AvgIpc) is 3.24. The molecule has 1 aliphatic rings. The van der Waals surface area contributed by atoms with Crippen LogP contribution in [0.5, 0.6) is 0 Å². The van der Waals surface area contributed by atoms with Gasteiger partial charge in [0.25, 0.3) is 5.56 Å². The fraction of sp³-hybridized carbons (Fsp3) is 0.417. The third-order valence-electron chi connectivity index (χ3n) is 2.75. The summed E-state index contributed by atoms with van der Waals surface area (Å²) in [5, 5.41) is 7.33. The number of ether oxygens (including phenoxy) is 1. The Morgan fingerprint density at radius 2 is 2.24 bits per heavy atom. The molecular formula is C12H11FN4O4. The monoisotopic (exact) mass is 294 g/mol. The summed E-state index contributed by atoms with van der Waals surface area (Å²) in [4.78, 5) is 36.4. The first-order valence-electron chi connectivity index (χ1n) is 5.99. The predicted molar refractivity (Wildman–Crippen MR) is 67.9 cm³/mol. The molecule has 1 N–H and O–H groups in total. The first kappa shape index (κ1) is 14.6. The Hall–Kier alpha value is -2.76. The van der Waals surface area contributed by atoms with Crippen molar-refractivity contribution in [3.8, 4) is 12.3 Å². The Morgan fingerprint density at radius 1 is 1.52 bits per heavy atom. The summed E-state index contributed by atoms with van der Waals surface area (Å²) >= 11 is 0. The van der Waals surface area contributed by atoms with Gasteiger partial charge in [-0.15, -0.1) is 12.3 Å². The van der Waals surface area contributed by atoms with Gasteiger partial charge in [-0.05, 0) is 0 Å². The van der Waals surface area contributed by atoms with E-state index < -0.39 is 28.7 Å². The third-order valence-corrected chi connectivity index (χ3v) is 2.75. The Balaban J connectivity index is 2.02. The molecule has 110 valence electrons. The van der Waals surface area contributed by atoms with Crippen LogP contribution in [0.25, 0.3) is 0 Å². The Bertz CT molecular complexity index is 737. The number of H-pyrrole nitrogens is 1. The van der Waals surface area contributed by atoms with E-state index in [4.69, 9.17) is 11.2 Å². The number of rotatable bonds is 6. The highest BCUT2D eigenvalue weighted by atomic mass is 19.1. The van der Waals surface area contributed by atoms with Crippen LogP contribution in [0.1, 0.15) is 12.8 Å². The molecule has 0 spiro atoms. The van der Waals surface area contributed by atoms with Crippen LogP contribution >= 0.6 is 0 Å². The zero-order valence-corrected chi connectivity index (χ0v) is 10.8. The molecule has 1 aromatic rings. The number of aromatic amines is 1. The largest absolute Gasteiger partial charge is 0.461 e. The molecule has 0 fully saturated rings. The van der Waals surface area contributed by atoms with Gasteiger partial charge in [0.15, 0.2) is 0 Å². The number of nitrogens with one attached hydrogen (secondary N) is 1. The van der Waals surface area contributed by atoms with Gasteiger partial charge in [0.05, 0.1) is 13.0 Å². The fourth-order valence-corrected chi connectivity index (χ4v) is 1.56. The molecule has 0 saturated carbocycles. The van der Waals surface area contributed by atoms with Crippen LogP contribution in [0.4, 0.5) is 4.39 Å². The minimum Gasteiger partial charge on any atom is -0.461 e. The number of halogens is 1. The molecule has 1 aromatic heterocycles. The van der Waals surface area contributed by atoms with Crippen molar-refractivity contribution in [2.45, 2.75) is 25.0 Å². The molecule has 9 heteroatoms. The highest BCUT2D eigenvalue weighted by Crippen LogP contribution is 2.29. The van der Waals surface area contributed by atoms with Gasteiger partial charge >= 0.3 is 11.7 Å². The van der Waals surface area contributed by atoms with Gasteiger partial charge in [-0.25, -0.2) is 4.79 Å². The van der Waals surface area contributed by atoms with E-state index in [1.54, 1.807) is 0 Å². The molecule has 0 aliphatic carbocycles.